The molecule has 1 amide bonds. The van der Waals surface area contributed by atoms with Gasteiger partial charge < -0.3 is 29.2 Å². The molecule has 0 saturated heterocycles. The van der Waals surface area contributed by atoms with Crippen molar-refractivity contribution in [2.75, 3.05) is 27.9 Å². The van der Waals surface area contributed by atoms with E-state index in [1.807, 2.05) is 0 Å². The fourth-order valence-corrected chi connectivity index (χ4v) is 4.75. The fraction of sp³-hybridized carbons (Fsp3) is 0.571. The van der Waals surface area contributed by atoms with Crippen LogP contribution in [0, 0.1) is 0 Å². The van der Waals surface area contributed by atoms with Crippen LogP contribution in [0.25, 0.3) is 11.2 Å². The molecule has 0 fully saturated rings. The molecule has 12 nitrogen and oxygen atoms in total. The molecule has 0 spiro atoms. The van der Waals surface area contributed by atoms with Crippen molar-refractivity contribution in [3.05, 3.63) is 44.4 Å². The predicted molar refractivity (Wildman–Crippen MR) is 152 cm³/mol. The Balaban J connectivity index is 1.30. The number of aromatic amines is 1. The van der Waals surface area contributed by atoms with E-state index in [0.717, 1.165) is 57.2 Å². The lowest BCUT2D eigenvalue weighted by Crippen LogP contribution is -2.32. The first kappa shape index (κ1) is 30.7. The first-order valence-corrected chi connectivity index (χ1v) is 13.6. The Labute approximate surface area is 233 Å². The monoisotopic (exact) mass is 559 g/mol. The highest BCUT2D eigenvalue weighted by atomic mass is 16.5. The van der Waals surface area contributed by atoms with E-state index in [9.17, 15) is 19.5 Å². The van der Waals surface area contributed by atoms with Crippen LogP contribution in [0.5, 0.6) is 17.2 Å². The van der Waals surface area contributed by atoms with Crippen LogP contribution in [-0.2, 0) is 20.5 Å². The Hall–Kier alpha value is -3.80. The van der Waals surface area contributed by atoms with Gasteiger partial charge in [0.05, 0.1) is 27.4 Å². The summed E-state index contributed by atoms with van der Waals surface area (Å²) in [5.74, 6) is 1.67. The summed E-state index contributed by atoms with van der Waals surface area (Å²) in [7, 11) is 7.88. The molecule has 3 rings (SSSR count). The summed E-state index contributed by atoms with van der Waals surface area (Å²) >= 11 is 0. The number of aliphatic hydroxyl groups is 1. The lowest BCUT2D eigenvalue weighted by atomic mass is 10.1. The number of amides is 1. The predicted octanol–water partition coefficient (Wildman–Crippen LogP) is 2.44. The molecule has 220 valence electrons. The Bertz CT molecular complexity index is 1380. The van der Waals surface area contributed by atoms with Gasteiger partial charge in [0.2, 0.25) is 5.75 Å². The normalized spacial score (nSPS) is 11.9. The largest absolute Gasteiger partial charge is 0.493 e. The van der Waals surface area contributed by atoms with Gasteiger partial charge in [-0.15, -0.1) is 0 Å². The van der Waals surface area contributed by atoms with E-state index >= 15 is 0 Å². The highest BCUT2D eigenvalue weighted by Gasteiger charge is 2.18. The number of rotatable bonds is 16. The van der Waals surface area contributed by atoms with Crippen molar-refractivity contribution in [3.63, 3.8) is 0 Å². The SMILES string of the molecule is COc1cc(C(=O)NCC(O)CCCCCCCCCc2nc3c(c(=O)[nH]c(=O)n3C)n2C)cc(OC)c1OC. The Kier molecular flexibility index (Phi) is 11.2. The number of benzene rings is 1. The summed E-state index contributed by atoms with van der Waals surface area (Å²) in [5.41, 5.74) is 0.312. The second kappa shape index (κ2) is 14.5. The zero-order valence-electron chi connectivity index (χ0n) is 24.0. The van der Waals surface area contributed by atoms with Crippen molar-refractivity contribution in [1.82, 2.24) is 24.4 Å². The van der Waals surface area contributed by atoms with Crippen molar-refractivity contribution >= 4 is 17.1 Å². The summed E-state index contributed by atoms with van der Waals surface area (Å²) in [6.45, 7) is 0.164. The quantitative estimate of drug-likeness (QED) is 0.227. The van der Waals surface area contributed by atoms with Crippen LogP contribution >= 0.6 is 0 Å². The van der Waals surface area contributed by atoms with Crippen molar-refractivity contribution < 1.29 is 24.1 Å². The number of fused-ring (bicyclic) bond motifs is 1. The molecule has 1 aromatic carbocycles. The summed E-state index contributed by atoms with van der Waals surface area (Å²) < 4.78 is 19.0. The van der Waals surface area contributed by atoms with Gasteiger partial charge in [0.15, 0.2) is 22.7 Å². The van der Waals surface area contributed by atoms with Gasteiger partial charge in [0, 0.05) is 32.6 Å². The molecule has 3 N–H and O–H groups in total. The van der Waals surface area contributed by atoms with Crippen molar-refractivity contribution in [2.45, 2.75) is 63.9 Å². The number of methoxy groups -OCH3 is 3. The van der Waals surface area contributed by atoms with E-state index in [0.29, 0.717) is 40.4 Å². The molecule has 0 bridgehead atoms. The smallest absolute Gasteiger partial charge is 0.329 e. The third-order valence-electron chi connectivity index (χ3n) is 7.09. The van der Waals surface area contributed by atoms with E-state index in [1.54, 1.807) is 30.8 Å². The van der Waals surface area contributed by atoms with Crippen LogP contribution < -0.4 is 30.8 Å². The average molecular weight is 560 g/mol. The minimum absolute atomic E-state index is 0.164. The van der Waals surface area contributed by atoms with Crippen LogP contribution in [0.1, 0.15) is 67.5 Å². The Morgan fingerprint density at radius 2 is 1.55 bits per heavy atom. The van der Waals surface area contributed by atoms with Crippen LogP contribution in [0.3, 0.4) is 0 Å². The highest BCUT2D eigenvalue weighted by molar-refractivity contribution is 5.95. The number of H-pyrrole nitrogens is 1. The van der Waals surface area contributed by atoms with Gasteiger partial charge in [0.1, 0.15) is 5.82 Å². The fourth-order valence-electron chi connectivity index (χ4n) is 4.75. The molecule has 0 radical (unpaired) electrons. The number of ether oxygens (including phenoxy) is 3. The van der Waals surface area contributed by atoms with Crippen LogP contribution in [-0.4, -0.2) is 64.1 Å². The standard InChI is InChI=1S/C28H41N5O7/c1-32-22(30-25-23(32)27(36)31-28(37)33(25)2)14-12-10-8-6-7-9-11-13-19(34)17-29-26(35)18-15-20(38-3)24(40-5)21(16-18)39-4/h15-16,19,34H,6-14,17H2,1-5H3,(H,29,35)(H,31,36,37). The first-order valence-electron chi connectivity index (χ1n) is 13.6. The molecule has 0 aliphatic rings. The number of carbonyl (C=O) groups is 1. The Morgan fingerprint density at radius 3 is 2.15 bits per heavy atom. The highest BCUT2D eigenvalue weighted by Crippen LogP contribution is 2.38. The van der Waals surface area contributed by atoms with Gasteiger partial charge in [-0.05, 0) is 25.0 Å². The number of imidazole rings is 1. The van der Waals surface area contributed by atoms with Crippen LogP contribution in [0.2, 0.25) is 0 Å². The molecule has 2 heterocycles. The number of carbonyl (C=O) groups excluding carboxylic acids is 1. The molecule has 0 aliphatic carbocycles. The number of nitrogens with zero attached hydrogens (tertiary/aromatic N) is 3. The number of unbranched alkanes of at least 4 members (excludes halogenated alkanes) is 6. The lowest BCUT2D eigenvalue weighted by molar-refractivity contribution is 0.0908. The van der Waals surface area contributed by atoms with Crippen molar-refractivity contribution in [3.8, 4) is 17.2 Å². The molecule has 1 unspecified atom stereocenters. The molecule has 2 aromatic heterocycles. The zero-order chi connectivity index (χ0) is 29.2. The maximum Gasteiger partial charge on any atom is 0.329 e. The number of hydrogen-bond acceptors (Lipinski definition) is 8. The van der Waals surface area contributed by atoms with Gasteiger partial charge in [-0.2, -0.15) is 0 Å². The molecule has 12 heteroatoms. The minimum Gasteiger partial charge on any atom is -0.493 e. The third kappa shape index (κ3) is 7.44. The topological polar surface area (TPSA) is 150 Å². The van der Waals surface area contributed by atoms with Crippen LogP contribution in [0.4, 0.5) is 0 Å². The maximum absolute atomic E-state index is 12.6. The lowest BCUT2D eigenvalue weighted by Gasteiger charge is -2.15. The molecule has 0 aliphatic heterocycles. The summed E-state index contributed by atoms with van der Waals surface area (Å²) in [6, 6.07) is 3.15. The van der Waals surface area contributed by atoms with Gasteiger partial charge >= 0.3 is 5.69 Å². The third-order valence-corrected chi connectivity index (χ3v) is 7.09. The van der Waals surface area contributed by atoms with Crippen molar-refractivity contribution in [2.24, 2.45) is 14.1 Å². The summed E-state index contributed by atoms with van der Waals surface area (Å²) in [6.07, 6.45) is 7.91. The van der Waals surface area contributed by atoms with Gasteiger partial charge in [-0.1, -0.05) is 38.5 Å². The second-order valence-corrected chi connectivity index (χ2v) is 9.87. The Morgan fingerprint density at radius 1 is 0.950 bits per heavy atom. The molecule has 40 heavy (non-hydrogen) atoms. The van der Waals surface area contributed by atoms with Crippen molar-refractivity contribution in [1.29, 1.82) is 0 Å². The zero-order valence-corrected chi connectivity index (χ0v) is 24.0. The molecule has 1 atom stereocenters. The summed E-state index contributed by atoms with van der Waals surface area (Å²) in [4.78, 5) is 43.4. The van der Waals surface area contributed by atoms with Gasteiger partial charge in [-0.25, -0.2) is 9.78 Å². The average Bonchev–Trinajstić information content (AvgIpc) is 3.29. The molecular weight excluding hydrogens is 518 g/mol. The van der Waals surface area contributed by atoms with Gasteiger partial charge in [0.25, 0.3) is 11.5 Å². The number of nitrogens with one attached hydrogen (secondary N) is 2. The van der Waals surface area contributed by atoms with E-state index in [2.05, 4.69) is 15.3 Å². The minimum atomic E-state index is -0.619. The number of aliphatic hydroxyl groups excluding tert-OH is 1. The van der Waals surface area contributed by atoms with Gasteiger partial charge in [-0.3, -0.25) is 19.1 Å². The van der Waals surface area contributed by atoms with E-state index in [4.69, 9.17) is 14.2 Å². The van der Waals surface area contributed by atoms with E-state index in [1.165, 1.54) is 25.9 Å². The first-order chi connectivity index (χ1) is 19.2. The number of aromatic nitrogens is 4. The van der Waals surface area contributed by atoms with E-state index < -0.39 is 17.4 Å². The molecular formula is C28H41N5O7. The van der Waals surface area contributed by atoms with E-state index in [-0.39, 0.29) is 12.5 Å². The number of aryl methyl sites for hydroxylation is 3. The second-order valence-electron chi connectivity index (χ2n) is 9.87. The van der Waals surface area contributed by atoms with Crippen LogP contribution in [0.15, 0.2) is 21.7 Å². The maximum atomic E-state index is 12.6. The number of hydrogen-bond donors (Lipinski definition) is 3. The molecule has 0 saturated carbocycles. The molecule has 3 aromatic rings. The summed E-state index contributed by atoms with van der Waals surface area (Å²) in [5, 5.41) is 13.1.